The maximum atomic E-state index is 14.0. The molecule has 3 atom stereocenters. The first-order valence-corrected chi connectivity index (χ1v) is 11.8. The van der Waals surface area contributed by atoms with Gasteiger partial charge in [-0.2, -0.15) is 5.26 Å². The van der Waals surface area contributed by atoms with Crippen LogP contribution in [0.4, 0.5) is 4.39 Å². The van der Waals surface area contributed by atoms with Crippen LogP contribution < -0.4 is 5.32 Å². The van der Waals surface area contributed by atoms with E-state index in [-0.39, 0.29) is 17.5 Å². The summed E-state index contributed by atoms with van der Waals surface area (Å²) in [5.74, 6) is 0.877. The number of piperidine rings is 1. The molecule has 4 rings (SSSR count). The highest BCUT2D eigenvalue weighted by molar-refractivity contribution is 5.93. The number of likely N-dealkylation sites (tertiary alicyclic amines) is 1. The Morgan fingerprint density at radius 1 is 1.19 bits per heavy atom. The SMILES string of the molecule is CCC1N=CN=C(N2CCCCC2)C1CNCc1ccc(C2CC=CC(F)=C2C#N)cc1. The number of amidine groups is 1. The Bertz CT molecular complexity index is 947. The number of halogens is 1. The first kappa shape index (κ1) is 22.4. The molecule has 0 bridgehead atoms. The molecule has 2 aliphatic heterocycles. The quantitative estimate of drug-likeness (QED) is 0.695. The lowest BCUT2D eigenvalue weighted by Crippen LogP contribution is -2.48. The molecule has 2 heterocycles. The van der Waals surface area contributed by atoms with Crippen molar-refractivity contribution in [2.45, 2.75) is 57.5 Å². The van der Waals surface area contributed by atoms with Crippen LogP contribution in [0.3, 0.4) is 0 Å². The lowest BCUT2D eigenvalue weighted by Gasteiger charge is -2.37. The van der Waals surface area contributed by atoms with Crippen LogP contribution in [-0.4, -0.2) is 42.8 Å². The zero-order valence-electron chi connectivity index (χ0n) is 18.8. The minimum Gasteiger partial charge on any atom is -0.360 e. The number of nitriles is 1. The molecule has 1 aromatic rings. The normalized spacial score (nSPS) is 25.6. The number of allylic oxidation sites excluding steroid dienone is 4. The Kier molecular flexibility index (Phi) is 7.49. The number of hydrogen-bond acceptors (Lipinski definition) is 5. The van der Waals surface area contributed by atoms with Crippen molar-refractivity contribution in [3.05, 3.63) is 58.9 Å². The Labute approximate surface area is 190 Å². The van der Waals surface area contributed by atoms with E-state index in [0.29, 0.717) is 12.3 Å². The van der Waals surface area contributed by atoms with Crippen molar-refractivity contribution in [1.29, 1.82) is 5.26 Å². The minimum absolute atomic E-state index is 0.194. The number of nitrogens with one attached hydrogen (secondary N) is 1. The van der Waals surface area contributed by atoms with Crippen molar-refractivity contribution >= 4 is 12.2 Å². The number of benzene rings is 1. The first-order valence-electron chi connectivity index (χ1n) is 11.8. The molecule has 1 aromatic carbocycles. The standard InChI is InChI=1S/C26H32FN5/c1-2-25-23(26(31-18-30-25)32-13-4-3-5-14-32)17-29-16-19-9-11-20(12-10-19)21-7-6-8-24(27)22(21)15-28/h6,8-12,18,21,23,25,29H,2-5,7,13-14,16-17H2,1H3. The second-order valence-electron chi connectivity index (χ2n) is 8.82. The molecule has 0 aromatic heterocycles. The molecule has 168 valence electrons. The highest BCUT2D eigenvalue weighted by Crippen LogP contribution is 2.34. The van der Waals surface area contributed by atoms with Crippen molar-refractivity contribution in [3.63, 3.8) is 0 Å². The number of hydrogen-bond donors (Lipinski definition) is 1. The summed E-state index contributed by atoms with van der Waals surface area (Å²) in [7, 11) is 0. The van der Waals surface area contributed by atoms with E-state index in [1.54, 1.807) is 12.4 Å². The number of nitrogens with zero attached hydrogens (tertiary/aromatic N) is 4. The van der Waals surface area contributed by atoms with Crippen LogP contribution in [0.25, 0.3) is 0 Å². The largest absolute Gasteiger partial charge is 0.360 e. The van der Waals surface area contributed by atoms with Gasteiger partial charge < -0.3 is 10.2 Å². The lowest BCUT2D eigenvalue weighted by molar-refractivity contribution is 0.312. The van der Waals surface area contributed by atoms with Gasteiger partial charge in [0.1, 0.15) is 18.0 Å². The zero-order chi connectivity index (χ0) is 22.3. The molecule has 1 N–H and O–H groups in total. The van der Waals surface area contributed by atoms with Gasteiger partial charge in [-0.05, 0) is 49.3 Å². The van der Waals surface area contributed by atoms with Crippen molar-refractivity contribution in [2.75, 3.05) is 19.6 Å². The molecule has 1 fully saturated rings. The lowest BCUT2D eigenvalue weighted by atomic mass is 9.85. The van der Waals surface area contributed by atoms with Gasteiger partial charge in [-0.3, -0.25) is 4.99 Å². The second kappa shape index (κ2) is 10.7. The third kappa shape index (κ3) is 4.99. The van der Waals surface area contributed by atoms with Gasteiger partial charge in [-0.25, -0.2) is 9.38 Å². The van der Waals surface area contributed by atoms with Crippen LogP contribution in [-0.2, 0) is 6.54 Å². The van der Waals surface area contributed by atoms with E-state index < -0.39 is 5.83 Å². The van der Waals surface area contributed by atoms with Gasteiger partial charge in [0.2, 0.25) is 0 Å². The van der Waals surface area contributed by atoms with Gasteiger partial charge in [0.25, 0.3) is 0 Å². The van der Waals surface area contributed by atoms with Gasteiger partial charge in [0.15, 0.2) is 0 Å². The number of aliphatic imine (C=N–C) groups is 2. The van der Waals surface area contributed by atoms with E-state index in [2.05, 4.69) is 39.3 Å². The van der Waals surface area contributed by atoms with Gasteiger partial charge in [0.05, 0.1) is 23.6 Å². The van der Waals surface area contributed by atoms with Gasteiger partial charge in [-0.15, -0.1) is 0 Å². The average molecular weight is 434 g/mol. The maximum absolute atomic E-state index is 14.0. The fourth-order valence-corrected chi connectivity index (χ4v) is 4.96. The second-order valence-corrected chi connectivity index (χ2v) is 8.82. The molecule has 0 spiro atoms. The summed E-state index contributed by atoms with van der Waals surface area (Å²) in [6, 6.07) is 10.5. The molecule has 1 saturated heterocycles. The fraction of sp³-hybridized carbons (Fsp3) is 0.500. The number of rotatable bonds is 6. The summed E-state index contributed by atoms with van der Waals surface area (Å²) in [5.41, 5.74) is 2.38. The molecule has 3 aliphatic rings. The topological polar surface area (TPSA) is 63.8 Å². The summed E-state index contributed by atoms with van der Waals surface area (Å²) in [4.78, 5) is 11.8. The highest BCUT2D eigenvalue weighted by Gasteiger charge is 2.31. The molecular formula is C26H32FN5. The van der Waals surface area contributed by atoms with E-state index in [1.807, 2.05) is 18.2 Å². The van der Waals surface area contributed by atoms with E-state index in [4.69, 9.17) is 0 Å². The maximum Gasteiger partial charge on any atom is 0.137 e. The molecular weight excluding hydrogens is 401 g/mol. The molecule has 1 aliphatic carbocycles. The van der Waals surface area contributed by atoms with E-state index in [9.17, 15) is 9.65 Å². The molecule has 3 unspecified atom stereocenters. The van der Waals surface area contributed by atoms with Crippen molar-refractivity contribution < 1.29 is 4.39 Å². The fourth-order valence-electron chi connectivity index (χ4n) is 4.96. The highest BCUT2D eigenvalue weighted by atomic mass is 19.1. The van der Waals surface area contributed by atoms with Gasteiger partial charge >= 0.3 is 0 Å². The summed E-state index contributed by atoms with van der Waals surface area (Å²) in [6.45, 7) is 5.98. The summed E-state index contributed by atoms with van der Waals surface area (Å²) < 4.78 is 14.0. The Balaban J connectivity index is 1.37. The van der Waals surface area contributed by atoms with Crippen LogP contribution in [0.1, 0.15) is 56.1 Å². The van der Waals surface area contributed by atoms with Crippen LogP contribution in [0, 0.1) is 17.2 Å². The van der Waals surface area contributed by atoms with E-state index in [1.165, 1.54) is 36.7 Å². The molecule has 6 heteroatoms. The van der Waals surface area contributed by atoms with Crippen LogP contribution >= 0.6 is 0 Å². The molecule has 5 nitrogen and oxygen atoms in total. The molecule has 32 heavy (non-hydrogen) atoms. The molecule has 0 radical (unpaired) electrons. The molecule has 0 amide bonds. The molecule has 0 saturated carbocycles. The predicted molar refractivity (Wildman–Crippen MR) is 127 cm³/mol. The van der Waals surface area contributed by atoms with Crippen molar-refractivity contribution in [2.24, 2.45) is 15.9 Å². The third-order valence-electron chi connectivity index (χ3n) is 6.78. The smallest absolute Gasteiger partial charge is 0.137 e. The van der Waals surface area contributed by atoms with Crippen LogP contribution in [0.2, 0.25) is 0 Å². The Hall–Kier alpha value is -2.78. The van der Waals surface area contributed by atoms with Crippen molar-refractivity contribution in [1.82, 2.24) is 10.2 Å². The predicted octanol–water partition coefficient (Wildman–Crippen LogP) is 4.89. The first-order chi connectivity index (χ1) is 15.7. The Morgan fingerprint density at radius 3 is 2.69 bits per heavy atom. The van der Waals surface area contributed by atoms with Crippen molar-refractivity contribution in [3.8, 4) is 6.07 Å². The van der Waals surface area contributed by atoms with Gasteiger partial charge in [0, 0.05) is 32.1 Å². The van der Waals surface area contributed by atoms with Crippen LogP contribution in [0.15, 0.2) is 57.8 Å². The van der Waals surface area contributed by atoms with E-state index in [0.717, 1.165) is 38.2 Å². The average Bonchev–Trinajstić information content (AvgIpc) is 2.85. The van der Waals surface area contributed by atoms with Gasteiger partial charge in [-0.1, -0.05) is 37.3 Å². The Morgan fingerprint density at radius 2 is 1.97 bits per heavy atom. The van der Waals surface area contributed by atoms with Crippen LogP contribution in [0.5, 0.6) is 0 Å². The summed E-state index contributed by atoms with van der Waals surface area (Å²) in [5, 5.41) is 12.9. The van der Waals surface area contributed by atoms with E-state index >= 15 is 0 Å². The third-order valence-corrected chi connectivity index (χ3v) is 6.78. The summed E-state index contributed by atoms with van der Waals surface area (Å²) >= 11 is 0. The zero-order valence-corrected chi connectivity index (χ0v) is 18.8. The minimum atomic E-state index is -0.415. The summed E-state index contributed by atoms with van der Waals surface area (Å²) in [6.07, 6.45) is 10.4. The monoisotopic (exact) mass is 433 g/mol.